The lowest BCUT2D eigenvalue weighted by atomic mass is 10.1. The molecule has 0 unspecified atom stereocenters. The molecule has 1 saturated heterocycles. The number of hydrogen-bond donors (Lipinski definition) is 1. The van der Waals surface area contributed by atoms with Crippen molar-refractivity contribution >= 4 is 40.3 Å². The summed E-state index contributed by atoms with van der Waals surface area (Å²) in [5.41, 5.74) is 3.49. The van der Waals surface area contributed by atoms with Gasteiger partial charge >= 0.3 is 5.97 Å². The molecule has 1 aromatic carbocycles. The van der Waals surface area contributed by atoms with Crippen LogP contribution in [0.3, 0.4) is 0 Å². The number of hydrogen-bond acceptors (Lipinski definition) is 5. The number of nitrogens with zero attached hydrogens (tertiary/aromatic N) is 5. The number of pyridine rings is 2. The zero-order valence-electron chi connectivity index (χ0n) is 24.0. The Labute approximate surface area is 243 Å². The summed E-state index contributed by atoms with van der Waals surface area (Å²) in [6, 6.07) is 10.00. The second-order valence-electron chi connectivity index (χ2n) is 11.6. The van der Waals surface area contributed by atoms with Gasteiger partial charge in [0, 0.05) is 48.4 Å². The van der Waals surface area contributed by atoms with Crippen molar-refractivity contribution in [2.75, 3.05) is 24.5 Å². The summed E-state index contributed by atoms with van der Waals surface area (Å²) in [5, 5.41) is 10.4. The molecule has 214 valence electrons. The average Bonchev–Trinajstić information content (AvgIpc) is 3.29. The van der Waals surface area contributed by atoms with Gasteiger partial charge in [0.05, 0.1) is 16.3 Å². The van der Waals surface area contributed by atoms with Crippen molar-refractivity contribution in [2.24, 2.45) is 0 Å². The number of aryl methyl sites for hydroxylation is 2. The number of benzene rings is 1. The molecule has 0 radical (unpaired) electrons. The standard InChI is InChI=1S/C31H33ClFN5O3/c1-17-13-26(34-19(3)27(17)30(40)41)36-11-12-37(18(2)15-36)29(39)25-10-8-21-22(20-7-9-23(32)24(33)14-20)16-38(28(21)35-25)31(4,5)6/h7-10,13-14,16,18H,11-12,15H2,1-6H3,(H,40,41)/t18-/m1/s1. The Morgan fingerprint density at radius 1 is 1.07 bits per heavy atom. The number of fused-ring (bicyclic) bond motifs is 1. The molecule has 1 fully saturated rings. The van der Waals surface area contributed by atoms with Crippen LogP contribution in [0.25, 0.3) is 22.2 Å². The summed E-state index contributed by atoms with van der Waals surface area (Å²) in [4.78, 5) is 38.6. The Kier molecular flexibility index (Phi) is 7.27. The zero-order chi connectivity index (χ0) is 29.8. The van der Waals surface area contributed by atoms with Crippen LogP contribution in [0.15, 0.2) is 42.6 Å². The molecule has 3 aromatic heterocycles. The third kappa shape index (κ3) is 5.26. The first-order valence-corrected chi connectivity index (χ1v) is 13.9. The van der Waals surface area contributed by atoms with Gasteiger partial charge < -0.3 is 19.5 Å². The van der Waals surface area contributed by atoms with Crippen molar-refractivity contribution in [1.29, 1.82) is 0 Å². The lowest BCUT2D eigenvalue weighted by molar-refractivity contribution is 0.0664. The summed E-state index contributed by atoms with van der Waals surface area (Å²) < 4.78 is 16.3. The zero-order valence-corrected chi connectivity index (χ0v) is 24.8. The number of aromatic carboxylic acids is 1. The van der Waals surface area contributed by atoms with Crippen LogP contribution in [-0.2, 0) is 5.54 Å². The van der Waals surface area contributed by atoms with Gasteiger partial charge in [0.15, 0.2) is 0 Å². The Morgan fingerprint density at radius 2 is 1.80 bits per heavy atom. The van der Waals surface area contributed by atoms with E-state index in [1.165, 1.54) is 12.1 Å². The van der Waals surface area contributed by atoms with Crippen molar-refractivity contribution in [3.63, 3.8) is 0 Å². The van der Waals surface area contributed by atoms with Gasteiger partial charge in [0.1, 0.15) is 23.0 Å². The molecule has 1 N–H and O–H groups in total. The summed E-state index contributed by atoms with van der Waals surface area (Å²) >= 11 is 5.92. The second-order valence-corrected chi connectivity index (χ2v) is 12.0. The normalized spacial score (nSPS) is 16.0. The third-order valence-electron chi connectivity index (χ3n) is 7.63. The SMILES string of the molecule is Cc1cc(N2CCN(C(=O)c3ccc4c(-c5ccc(Cl)c(F)c5)cn(C(C)(C)C)c4n3)[C@H](C)C2)nc(C)c1C(=O)O. The molecule has 41 heavy (non-hydrogen) atoms. The first-order valence-electron chi connectivity index (χ1n) is 13.5. The smallest absolute Gasteiger partial charge is 0.337 e. The number of carbonyl (C=O) groups is 2. The number of carbonyl (C=O) groups excluding carboxylic acids is 1. The predicted molar refractivity (Wildman–Crippen MR) is 159 cm³/mol. The maximum absolute atomic E-state index is 14.3. The number of carboxylic acid groups (broad SMARTS) is 1. The average molecular weight is 578 g/mol. The van der Waals surface area contributed by atoms with Gasteiger partial charge in [-0.05, 0) is 83.0 Å². The summed E-state index contributed by atoms with van der Waals surface area (Å²) in [5.74, 6) is -0.941. The molecular weight excluding hydrogens is 545 g/mol. The van der Waals surface area contributed by atoms with Crippen LogP contribution in [-0.4, -0.2) is 62.1 Å². The van der Waals surface area contributed by atoms with Gasteiger partial charge in [-0.3, -0.25) is 4.79 Å². The molecular formula is C31H33ClFN5O3. The van der Waals surface area contributed by atoms with Gasteiger partial charge in [0.25, 0.3) is 5.91 Å². The fourth-order valence-electron chi connectivity index (χ4n) is 5.54. The molecule has 4 aromatic rings. The number of rotatable bonds is 4. The quantitative estimate of drug-likeness (QED) is 0.305. The molecule has 0 bridgehead atoms. The molecule has 0 spiro atoms. The van der Waals surface area contributed by atoms with Gasteiger partial charge in [-0.2, -0.15) is 0 Å². The van der Waals surface area contributed by atoms with E-state index in [2.05, 4.69) is 30.7 Å². The van der Waals surface area contributed by atoms with E-state index in [1.807, 2.05) is 28.7 Å². The van der Waals surface area contributed by atoms with Crippen LogP contribution in [0, 0.1) is 19.7 Å². The lowest BCUT2D eigenvalue weighted by Crippen LogP contribution is -2.54. The number of amides is 1. The van der Waals surface area contributed by atoms with Crippen LogP contribution < -0.4 is 4.90 Å². The minimum absolute atomic E-state index is 0.0619. The molecule has 1 aliphatic rings. The number of halogens is 2. The van der Waals surface area contributed by atoms with Crippen LogP contribution in [0.5, 0.6) is 0 Å². The minimum Gasteiger partial charge on any atom is -0.478 e. The van der Waals surface area contributed by atoms with Crippen molar-refractivity contribution in [3.05, 3.63) is 75.9 Å². The maximum atomic E-state index is 14.3. The molecule has 1 aliphatic heterocycles. The van der Waals surface area contributed by atoms with Crippen molar-refractivity contribution < 1.29 is 19.1 Å². The van der Waals surface area contributed by atoms with E-state index in [9.17, 15) is 19.1 Å². The van der Waals surface area contributed by atoms with Crippen LogP contribution in [0.2, 0.25) is 5.02 Å². The van der Waals surface area contributed by atoms with E-state index in [-0.39, 0.29) is 28.1 Å². The molecule has 4 heterocycles. The Balaban J connectivity index is 1.44. The molecule has 1 atom stereocenters. The van der Waals surface area contributed by atoms with Gasteiger partial charge in [-0.1, -0.05) is 17.7 Å². The predicted octanol–water partition coefficient (Wildman–Crippen LogP) is 6.31. The highest BCUT2D eigenvalue weighted by Crippen LogP contribution is 2.35. The topological polar surface area (TPSA) is 91.6 Å². The Bertz CT molecular complexity index is 1670. The highest BCUT2D eigenvalue weighted by Gasteiger charge is 2.31. The lowest BCUT2D eigenvalue weighted by Gasteiger charge is -2.40. The summed E-state index contributed by atoms with van der Waals surface area (Å²) in [6.07, 6.45) is 1.95. The number of piperazine rings is 1. The Morgan fingerprint density at radius 3 is 2.41 bits per heavy atom. The van der Waals surface area contributed by atoms with E-state index in [4.69, 9.17) is 16.6 Å². The first-order chi connectivity index (χ1) is 19.3. The van der Waals surface area contributed by atoms with Gasteiger partial charge in [-0.25, -0.2) is 19.2 Å². The van der Waals surface area contributed by atoms with Crippen molar-refractivity contribution in [1.82, 2.24) is 19.4 Å². The van der Waals surface area contributed by atoms with Crippen LogP contribution in [0.1, 0.15) is 59.8 Å². The molecule has 1 amide bonds. The van der Waals surface area contributed by atoms with E-state index in [1.54, 1.807) is 32.0 Å². The molecule has 0 saturated carbocycles. The maximum Gasteiger partial charge on any atom is 0.337 e. The van der Waals surface area contributed by atoms with Gasteiger partial charge in [-0.15, -0.1) is 0 Å². The minimum atomic E-state index is -0.989. The highest BCUT2D eigenvalue weighted by atomic mass is 35.5. The summed E-state index contributed by atoms with van der Waals surface area (Å²) in [6.45, 7) is 13.2. The van der Waals surface area contributed by atoms with E-state index >= 15 is 0 Å². The number of anilines is 1. The van der Waals surface area contributed by atoms with Crippen molar-refractivity contribution in [3.8, 4) is 11.1 Å². The molecule has 5 rings (SSSR count). The first kappa shape index (κ1) is 28.5. The van der Waals surface area contributed by atoms with E-state index < -0.39 is 11.8 Å². The van der Waals surface area contributed by atoms with Crippen LogP contribution >= 0.6 is 11.6 Å². The highest BCUT2D eigenvalue weighted by molar-refractivity contribution is 6.30. The monoisotopic (exact) mass is 577 g/mol. The molecule has 0 aliphatic carbocycles. The number of carboxylic acids is 1. The third-order valence-corrected chi connectivity index (χ3v) is 7.94. The fraction of sp³-hybridized carbons (Fsp3) is 0.355. The van der Waals surface area contributed by atoms with Gasteiger partial charge in [0.2, 0.25) is 0 Å². The fourth-order valence-corrected chi connectivity index (χ4v) is 5.65. The second kappa shape index (κ2) is 10.4. The van der Waals surface area contributed by atoms with E-state index in [0.717, 1.165) is 10.9 Å². The number of aromatic nitrogens is 3. The van der Waals surface area contributed by atoms with Crippen molar-refractivity contribution in [2.45, 2.75) is 53.1 Å². The molecule has 10 heteroatoms. The Hall–Kier alpha value is -3.98. The van der Waals surface area contributed by atoms with Crippen LogP contribution in [0.4, 0.5) is 10.2 Å². The summed E-state index contributed by atoms with van der Waals surface area (Å²) in [7, 11) is 0. The van der Waals surface area contributed by atoms with E-state index in [0.29, 0.717) is 53.6 Å². The molecule has 8 nitrogen and oxygen atoms in total. The largest absolute Gasteiger partial charge is 0.478 e.